The largest absolute Gasteiger partial charge is 0.460 e. The number of carbonyl (C=O) groups is 6. The van der Waals surface area contributed by atoms with Gasteiger partial charge in [-0.15, -0.1) is 0 Å². The number of ether oxygens (including phenoxy) is 5. The van der Waals surface area contributed by atoms with Gasteiger partial charge in [0.25, 0.3) is 11.7 Å². The van der Waals surface area contributed by atoms with Gasteiger partial charge in [0.2, 0.25) is 5.79 Å². The van der Waals surface area contributed by atoms with Crippen LogP contribution in [0.5, 0.6) is 0 Å². The first kappa shape index (κ1) is 62.6. The highest BCUT2D eigenvalue weighted by molar-refractivity contribution is 6.39. The van der Waals surface area contributed by atoms with Crippen molar-refractivity contribution in [3.63, 3.8) is 0 Å². The minimum atomic E-state index is -2.41. The predicted octanol–water partition coefficient (Wildman–Crippen LogP) is 4.22. The van der Waals surface area contributed by atoms with Crippen LogP contribution in [0.4, 0.5) is 0 Å². The lowest BCUT2D eigenvalue weighted by Gasteiger charge is -2.50. The van der Waals surface area contributed by atoms with E-state index in [1.165, 1.54) is 12.0 Å². The molecule has 0 radical (unpaired) electrons. The maximum absolute atomic E-state index is 14.5. The summed E-state index contributed by atoms with van der Waals surface area (Å²) in [6, 6.07) is -1.17. The number of nitrogens with zero attached hydrogens (tertiary/aromatic N) is 2. The van der Waals surface area contributed by atoms with Crippen LogP contribution in [0.1, 0.15) is 119 Å². The van der Waals surface area contributed by atoms with Crippen molar-refractivity contribution in [1.82, 2.24) is 9.80 Å². The lowest BCUT2D eigenvalue weighted by molar-refractivity contribution is -0.263. The summed E-state index contributed by atoms with van der Waals surface area (Å²) in [6.07, 6.45) is 11.7. The number of esters is 2. The molecule has 4 fully saturated rings. The van der Waals surface area contributed by atoms with E-state index in [1.54, 1.807) is 38.9 Å². The fourth-order valence-electron chi connectivity index (χ4n) is 11.7. The van der Waals surface area contributed by atoms with Crippen molar-refractivity contribution in [1.29, 1.82) is 0 Å². The molecule has 5 aliphatic rings. The average Bonchev–Trinajstić information content (AvgIpc) is 3.37. The normalized spacial score (nSPS) is 37.7. The molecule has 5 N–H and O–H groups in total. The van der Waals surface area contributed by atoms with Gasteiger partial charge < -0.3 is 54.1 Å². The Hall–Kier alpha value is -3.98. The van der Waals surface area contributed by atoms with Gasteiger partial charge in [-0.2, -0.15) is 0 Å². The maximum Gasteiger partial charge on any atom is 0.329 e. The first-order valence-electron chi connectivity index (χ1n) is 26.8. The van der Waals surface area contributed by atoms with Crippen LogP contribution in [0, 0.1) is 41.4 Å². The van der Waals surface area contributed by atoms with Crippen LogP contribution in [-0.4, -0.2) is 180 Å². The van der Waals surface area contributed by atoms with Crippen LogP contribution in [0.25, 0.3) is 0 Å². The smallest absolute Gasteiger partial charge is 0.329 e. The molecule has 8 unspecified atom stereocenters. The molecule has 1 amide bonds. The van der Waals surface area contributed by atoms with E-state index >= 15 is 0 Å². The van der Waals surface area contributed by atoms with Gasteiger partial charge in [-0.1, -0.05) is 69.7 Å². The number of carbonyl (C=O) groups excluding carboxylic acids is 6. The monoisotopic (exact) mass is 1040 g/mol. The molecule has 4 bridgehead atoms. The summed E-state index contributed by atoms with van der Waals surface area (Å²) in [5.41, 5.74) is 1.42. The highest BCUT2D eigenvalue weighted by Crippen LogP contribution is 2.45. The second-order valence-electron chi connectivity index (χ2n) is 21.4. The van der Waals surface area contributed by atoms with Crippen molar-refractivity contribution in [2.24, 2.45) is 41.4 Å². The fourth-order valence-corrected chi connectivity index (χ4v) is 11.7. The zero-order chi connectivity index (χ0) is 54.9. The van der Waals surface area contributed by atoms with Gasteiger partial charge in [0.1, 0.15) is 36.2 Å². The molecule has 1 aliphatic carbocycles. The number of hydrogen-bond donors (Lipinski definition) is 5. The minimum absolute atomic E-state index is 0.0293. The van der Waals surface area contributed by atoms with Gasteiger partial charge in [0, 0.05) is 71.1 Å². The molecule has 4 heterocycles. The Bertz CT molecular complexity index is 2000. The molecule has 4 aliphatic heterocycles. The number of aliphatic hydroxyl groups excluding tert-OH is 4. The van der Waals surface area contributed by atoms with Crippen LogP contribution in [0.2, 0.25) is 0 Å². The summed E-state index contributed by atoms with van der Waals surface area (Å²) >= 11 is 0. The average molecular weight is 1050 g/mol. The van der Waals surface area contributed by atoms with Crippen LogP contribution < -0.4 is 0 Å². The van der Waals surface area contributed by atoms with Crippen molar-refractivity contribution >= 4 is 35.2 Å². The van der Waals surface area contributed by atoms with E-state index in [2.05, 4.69) is 0 Å². The molecular formula is C56H88N2O16. The van der Waals surface area contributed by atoms with Gasteiger partial charge in [-0.25, -0.2) is 4.79 Å². The molecule has 0 aromatic rings. The summed E-state index contributed by atoms with van der Waals surface area (Å²) in [5.74, 6) is -9.28. The Morgan fingerprint density at radius 1 is 0.878 bits per heavy atom. The Morgan fingerprint density at radius 3 is 2.24 bits per heavy atom. The number of piperidine rings is 1. The van der Waals surface area contributed by atoms with E-state index in [0.717, 1.165) is 12.7 Å². The van der Waals surface area contributed by atoms with Crippen molar-refractivity contribution in [2.45, 2.75) is 167 Å². The molecule has 0 aromatic heterocycles. The lowest BCUT2D eigenvalue weighted by atomic mass is 9.68. The number of aliphatic hydroxyl groups is 5. The summed E-state index contributed by atoms with van der Waals surface area (Å²) in [5, 5.41) is 49.4. The molecule has 1 saturated carbocycles. The molecular weight excluding hydrogens is 957 g/mol. The summed E-state index contributed by atoms with van der Waals surface area (Å²) < 4.78 is 29.8. The summed E-state index contributed by atoms with van der Waals surface area (Å²) in [4.78, 5) is 87.2. The zero-order valence-electron chi connectivity index (χ0n) is 45.4. The molecule has 3 saturated heterocycles. The van der Waals surface area contributed by atoms with Crippen LogP contribution >= 0.6 is 0 Å². The van der Waals surface area contributed by atoms with Crippen LogP contribution in [-0.2, 0) is 52.5 Å². The minimum Gasteiger partial charge on any atom is -0.460 e. The Kier molecular flexibility index (Phi) is 25.4. The first-order valence-corrected chi connectivity index (χ1v) is 26.8. The Balaban J connectivity index is 0.00000585. The quantitative estimate of drug-likeness (QED) is 0.110. The van der Waals surface area contributed by atoms with E-state index in [1.807, 2.05) is 51.2 Å². The second-order valence-corrected chi connectivity index (χ2v) is 21.4. The van der Waals surface area contributed by atoms with Gasteiger partial charge in [0.15, 0.2) is 5.78 Å². The number of Topliss-reactive ketones (excluding diaryl/α,β-unsaturated/α-hetero) is 3. The van der Waals surface area contributed by atoms with Gasteiger partial charge in [0.05, 0.1) is 32.0 Å². The first-order chi connectivity index (χ1) is 35.3. The molecule has 5 rings (SSSR count). The highest BCUT2D eigenvalue weighted by atomic mass is 16.6. The van der Waals surface area contributed by atoms with E-state index < -0.39 is 102 Å². The van der Waals surface area contributed by atoms with Crippen molar-refractivity contribution in [3.8, 4) is 0 Å². The van der Waals surface area contributed by atoms with E-state index in [9.17, 15) is 49.2 Å². The number of ketones is 3. The number of hydrogen-bond acceptors (Lipinski definition) is 17. The number of allylic oxidation sites excluding steroid dienone is 7. The van der Waals surface area contributed by atoms with Gasteiger partial charge in [-0.3, -0.25) is 28.9 Å². The van der Waals surface area contributed by atoms with Crippen LogP contribution in [0.3, 0.4) is 0 Å². The third kappa shape index (κ3) is 16.5. The molecule has 0 aromatic carbocycles. The number of rotatable bonds is 11. The van der Waals surface area contributed by atoms with Crippen molar-refractivity contribution in [2.75, 3.05) is 60.7 Å². The van der Waals surface area contributed by atoms with Gasteiger partial charge in [-0.05, 0) is 108 Å². The van der Waals surface area contributed by atoms with Crippen LogP contribution in [0.15, 0.2) is 47.6 Å². The molecule has 15 atom stereocenters. The third-order valence-electron chi connectivity index (χ3n) is 16.0. The second kappa shape index (κ2) is 30.1. The van der Waals surface area contributed by atoms with Gasteiger partial charge >= 0.3 is 11.9 Å². The summed E-state index contributed by atoms with van der Waals surface area (Å²) in [7, 11) is 3.92. The lowest BCUT2D eigenvalue weighted by Crippen LogP contribution is -2.65. The standard InChI is InChI=1S/C55H84N2O15.CH4O/c1-33-13-10-9-11-14-34(2)27-36(4)49(62)51(69-8)50(63)37(5)28-35(3)43(60)31-45-42(29-39-18-21-44(46(30-39)68-7)70-47(61)32-56(23-25-58)24-26-59)41-15-12-22-57(48(41)54(66)71-45)53(65)52(64)55(67)38(6)17-20-40(72-55)19-16-33;1-2/h9-11,13-14,28,34-36,38-42,44-46,48,50-51,58-59,63,67H,12,15-27,29-32H2,1-8H3;2H,1H3/b10-9+,14-11+,33-13+,37-28+;/t34-,35-,36?,38?,39?,40-,41-,42?,44-,45+,46?,48?,50?,51+,55?;/m1./s1. The maximum atomic E-state index is 14.5. The Labute approximate surface area is 438 Å². The topological polar surface area (TPSA) is 256 Å². The molecule has 0 spiro atoms. The SMILES string of the molecule is CO.COC1CC(CC2[C@H]3CCCN4C(=O)C(=O)C5(O)O[C@H](CC/C(C)=C/C=C/C=C/[C@@H](C)CC(C)C(=O)[C@H](OC)C(O)/C(C)=C/[C@@H](C)C(=O)C[C@@H]2OC(=O)C34)CCC5C)CC[C@H]1OC(=O)CN(CCO)CCO. The highest BCUT2D eigenvalue weighted by Gasteiger charge is 2.57. The van der Waals surface area contributed by atoms with E-state index in [0.29, 0.717) is 76.2 Å². The number of amides is 1. The van der Waals surface area contributed by atoms with Crippen molar-refractivity contribution in [3.05, 3.63) is 47.6 Å². The van der Waals surface area contributed by atoms with Crippen molar-refractivity contribution < 1.29 is 78.0 Å². The molecule has 74 heavy (non-hydrogen) atoms. The molecule has 418 valence electrons. The number of fused-ring (bicyclic) bond motifs is 4. The van der Waals surface area contributed by atoms with E-state index in [-0.39, 0.29) is 69.2 Å². The number of methoxy groups -OCH3 is 2. The van der Waals surface area contributed by atoms with E-state index in [4.69, 9.17) is 28.8 Å². The third-order valence-corrected chi connectivity index (χ3v) is 16.0. The summed E-state index contributed by atoms with van der Waals surface area (Å²) in [6.45, 7) is 10.8. The molecule has 18 nitrogen and oxygen atoms in total. The fraction of sp³-hybridized carbons (Fsp3) is 0.750. The molecule has 18 heteroatoms. The predicted molar refractivity (Wildman–Crippen MR) is 275 cm³/mol. The Morgan fingerprint density at radius 2 is 1.58 bits per heavy atom. The zero-order valence-corrected chi connectivity index (χ0v) is 45.4.